The molecule has 0 radical (unpaired) electrons. The van der Waals surface area contributed by atoms with Crippen molar-refractivity contribution in [3.8, 4) is 5.75 Å². The Morgan fingerprint density at radius 3 is 2.83 bits per heavy atom. The average Bonchev–Trinajstić information content (AvgIpc) is 2.77. The second-order valence-corrected chi connectivity index (χ2v) is 7.66. The van der Waals surface area contributed by atoms with Gasteiger partial charge in [-0.3, -0.25) is 9.89 Å². The van der Waals surface area contributed by atoms with E-state index in [1.165, 1.54) is 11.3 Å². The van der Waals surface area contributed by atoms with Crippen LogP contribution < -0.4 is 9.64 Å². The Morgan fingerprint density at radius 2 is 1.93 bits per heavy atom. The summed E-state index contributed by atoms with van der Waals surface area (Å²) in [6.45, 7) is 7.82. The molecule has 29 heavy (non-hydrogen) atoms. The fourth-order valence-electron chi connectivity index (χ4n) is 4.09. The van der Waals surface area contributed by atoms with E-state index in [1.54, 1.807) is 0 Å². The molecule has 0 atom stereocenters. The summed E-state index contributed by atoms with van der Waals surface area (Å²) in [5, 5.41) is 1.14. The predicted molar refractivity (Wildman–Crippen MR) is 117 cm³/mol. The van der Waals surface area contributed by atoms with Crippen LogP contribution >= 0.6 is 0 Å². The number of aromatic nitrogens is 2. The van der Waals surface area contributed by atoms with Gasteiger partial charge in [-0.1, -0.05) is 6.07 Å². The van der Waals surface area contributed by atoms with E-state index in [9.17, 15) is 0 Å². The van der Waals surface area contributed by atoms with Crippen molar-refractivity contribution in [3.05, 3.63) is 53.9 Å². The van der Waals surface area contributed by atoms with Gasteiger partial charge in [-0.15, -0.1) is 0 Å². The fourth-order valence-corrected chi connectivity index (χ4v) is 4.09. The van der Waals surface area contributed by atoms with Crippen LogP contribution in [0.25, 0.3) is 11.0 Å². The molecule has 0 amide bonds. The maximum absolute atomic E-state index is 5.59. The monoisotopic (exact) mass is 387 g/mol. The number of hydrogen-bond acceptors (Lipinski definition) is 6. The van der Waals surface area contributed by atoms with Gasteiger partial charge in [0, 0.05) is 61.9 Å². The van der Waals surface area contributed by atoms with Crippen molar-refractivity contribution >= 4 is 28.6 Å². The number of aliphatic imine (C=N–C) groups is 1. The molecule has 2 aliphatic rings. The molecule has 4 heterocycles. The van der Waals surface area contributed by atoms with Crippen molar-refractivity contribution in [1.29, 1.82) is 0 Å². The minimum absolute atomic E-state index is 0.569. The van der Waals surface area contributed by atoms with Crippen LogP contribution in [-0.2, 0) is 6.42 Å². The number of piperazine rings is 1. The van der Waals surface area contributed by atoms with Crippen molar-refractivity contribution in [2.24, 2.45) is 4.99 Å². The highest BCUT2D eigenvalue weighted by Crippen LogP contribution is 2.30. The molecule has 1 fully saturated rings. The van der Waals surface area contributed by atoms with Gasteiger partial charge in [0.05, 0.1) is 0 Å². The van der Waals surface area contributed by atoms with Gasteiger partial charge in [-0.05, 0) is 49.2 Å². The zero-order valence-electron chi connectivity index (χ0n) is 16.7. The van der Waals surface area contributed by atoms with Gasteiger partial charge in [0.2, 0.25) is 0 Å². The highest BCUT2D eigenvalue weighted by Gasteiger charge is 2.19. The number of pyridine rings is 2. The van der Waals surface area contributed by atoms with Crippen LogP contribution in [0.1, 0.15) is 11.3 Å². The lowest BCUT2D eigenvalue weighted by Gasteiger charge is -2.36. The maximum Gasteiger partial charge on any atom is 0.161 e. The summed E-state index contributed by atoms with van der Waals surface area (Å²) in [5.41, 5.74) is 5.35. The lowest BCUT2D eigenvalue weighted by molar-refractivity contribution is 0.261. The number of ether oxygens (including phenoxy) is 1. The summed E-state index contributed by atoms with van der Waals surface area (Å²) < 4.78 is 5.59. The first-order valence-corrected chi connectivity index (χ1v) is 10.2. The van der Waals surface area contributed by atoms with E-state index < -0.39 is 0 Å². The number of rotatable bonds is 4. The molecule has 148 valence electrons. The first-order chi connectivity index (χ1) is 14.3. The number of nitrogens with zero attached hydrogens (tertiary/aromatic N) is 5. The molecule has 3 aromatic rings. The summed E-state index contributed by atoms with van der Waals surface area (Å²) in [5.74, 6) is 0.888. The van der Waals surface area contributed by atoms with E-state index in [-0.39, 0.29) is 0 Å². The summed E-state index contributed by atoms with van der Waals surface area (Å²) in [7, 11) is 0. The van der Waals surface area contributed by atoms with Crippen molar-refractivity contribution in [1.82, 2.24) is 14.9 Å². The minimum Gasteiger partial charge on any atom is -0.486 e. The van der Waals surface area contributed by atoms with E-state index in [4.69, 9.17) is 4.74 Å². The molecular formula is C23H25N5O. The summed E-state index contributed by atoms with van der Waals surface area (Å²) in [6.07, 6.45) is 4.73. The standard InChI is InChI=1S/C23H25N5O/c1-17-2-4-19-21(6-8-25-23(19)26-17)28-13-11-27(12-14-28)10-7-18-3-5-22-20(16-18)24-9-15-29-22/h2-6,8-9,16H,7,10-15H2,1H3. The van der Waals surface area contributed by atoms with Crippen LogP contribution in [0.4, 0.5) is 11.4 Å². The topological polar surface area (TPSA) is 53.9 Å². The Balaban J connectivity index is 1.21. The highest BCUT2D eigenvalue weighted by molar-refractivity contribution is 5.89. The van der Waals surface area contributed by atoms with Gasteiger partial charge in [0.15, 0.2) is 5.65 Å². The number of aryl methyl sites for hydroxylation is 1. The molecule has 0 unspecified atom stereocenters. The molecule has 1 aromatic carbocycles. The maximum atomic E-state index is 5.59. The van der Waals surface area contributed by atoms with Crippen LogP contribution in [0.15, 0.2) is 47.6 Å². The summed E-state index contributed by atoms with van der Waals surface area (Å²) in [6, 6.07) is 12.7. The zero-order valence-corrected chi connectivity index (χ0v) is 16.7. The minimum atomic E-state index is 0.569. The summed E-state index contributed by atoms with van der Waals surface area (Å²) >= 11 is 0. The van der Waals surface area contributed by atoms with E-state index in [2.05, 4.69) is 55.1 Å². The Kier molecular flexibility index (Phi) is 4.86. The second kappa shape index (κ2) is 7.79. The van der Waals surface area contributed by atoms with Crippen molar-refractivity contribution < 1.29 is 4.74 Å². The third-order valence-electron chi connectivity index (χ3n) is 5.72. The van der Waals surface area contributed by atoms with Gasteiger partial charge in [-0.2, -0.15) is 0 Å². The molecule has 0 bridgehead atoms. The predicted octanol–water partition coefficient (Wildman–Crippen LogP) is 3.40. The van der Waals surface area contributed by atoms with Gasteiger partial charge in [0.25, 0.3) is 0 Å². The van der Waals surface area contributed by atoms with Gasteiger partial charge >= 0.3 is 0 Å². The third kappa shape index (κ3) is 3.80. The zero-order chi connectivity index (χ0) is 19.6. The van der Waals surface area contributed by atoms with Crippen LogP contribution in [0.5, 0.6) is 5.75 Å². The average molecular weight is 387 g/mol. The second-order valence-electron chi connectivity index (χ2n) is 7.66. The number of hydrogen-bond donors (Lipinski definition) is 0. The number of fused-ring (bicyclic) bond motifs is 2. The Hall–Kier alpha value is -2.99. The molecule has 5 rings (SSSR count). The van der Waals surface area contributed by atoms with Crippen LogP contribution in [-0.4, -0.2) is 60.4 Å². The van der Waals surface area contributed by atoms with Crippen molar-refractivity contribution in [2.75, 3.05) is 44.2 Å². The number of anilines is 1. The Morgan fingerprint density at radius 1 is 1.03 bits per heavy atom. The highest BCUT2D eigenvalue weighted by atomic mass is 16.5. The quantitative estimate of drug-likeness (QED) is 0.687. The van der Waals surface area contributed by atoms with Crippen molar-refractivity contribution in [2.45, 2.75) is 13.3 Å². The smallest absolute Gasteiger partial charge is 0.161 e. The third-order valence-corrected chi connectivity index (χ3v) is 5.72. The Bertz CT molecular complexity index is 1060. The van der Waals surface area contributed by atoms with E-state index in [0.717, 1.165) is 67.3 Å². The molecule has 0 spiro atoms. The van der Waals surface area contributed by atoms with Crippen LogP contribution in [0.3, 0.4) is 0 Å². The first-order valence-electron chi connectivity index (χ1n) is 10.2. The Labute approximate surface area is 170 Å². The molecule has 1 saturated heterocycles. The van der Waals surface area contributed by atoms with E-state index >= 15 is 0 Å². The molecule has 0 aliphatic carbocycles. The molecule has 2 aromatic heterocycles. The molecule has 6 heteroatoms. The van der Waals surface area contributed by atoms with Gasteiger partial charge in [0.1, 0.15) is 18.0 Å². The molecule has 2 aliphatic heterocycles. The number of benzene rings is 1. The normalized spacial score (nSPS) is 16.7. The SMILES string of the molecule is Cc1ccc2c(N3CCN(CCc4ccc5c(c4)N=CCO5)CC3)ccnc2n1. The van der Waals surface area contributed by atoms with Crippen LogP contribution in [0, 0.1) is 6.92 Å². The van der Waals surface area contributed by atoms with E-state index in [0.29, 0.717) is 6.61 Å². The molecule has 0 saturated carbocycles. The molecule has 0 N–H and O–H groups in total. The van der Waals surface area contributed by atoms with E-state index in [1.807, 2.05) is 25.4 Å². The largest absolute Gasteiger partial charge is 0.486 e. The molecule has 6 nitrogen and oxygen atoms in total. The summed E-state index contributed by atoms with van der Waals surface area (Å²) in [4.78, 5) is 18.5. The van der Waals surface area contributed by atoms with Crippen molar-refractivity contribution in [3.63, 3.8) is 0 Å². The van der Waals surface area contributed by atoms with Crippen LogP contribution in [0.2, 0.25) is 0 Å². The first kappa shape index (κ1) is 18.1. The molecular weight excluding hydrogens is 362 g/mol. The lowest BCUT2D eigenvalue weighted by atomic mass is 10.1. The van der Waals surface area contributed by atoms with Gasteiger partial charge in [-0.25, -0.2) is 9.97 Å². The fraction of sp³-hybridized carbons (Fsp3) is 0.348. The van der Waals surface area contributed by atoms with Gasteiger partial charge < -0.3 is 9.64 Å². The lowest BCUT2D eigenvalue weighted by Crippen LogP contribution is -2.47.